The summed E-state index contributed by atoms with van der Waals surface area (Å²) < 4.78 is 0. The predicted octanol–water partition coefficient (Wildman–Crippen LogP) is 1.91. The number of hydrogen-bond acceptors (Lipinski definition) is 1. The molecule has 1 N–H and O–H groups in total. The maximum absolute atomic E-state index is 11.1. The topological polar surface area (TPSA) is 29.1 Å². The van der Waals surface area contributed by atoms with Crippen LogP contribution in [0.5, 0.6) is 0 Å². The lowest BCUT2D eigenvalue weighted by Gasteiger charge is -2.10. The first kappa shape index (κ1) is 10.5. The number of rotatable bonds is 5. The molecule has 2 heteroatoms. The summed E-state index contributed by atoms with van der Waals surface area (Å²) in [6, 6.07) is 0. The molecular formula is C9H18NO. The average Bonchev–Trinajstić information content (AvgIpc) is 2.05. The van der Waals surface area contributed by atoms with E-state index < -0.39 is 0 Å². The molecule has 1 radical (unpaired) electrons. The van der Waals surface area contributed by atoms with Crippen molar-refractivity contribution in [2.24, 2.45) is 0 Å². The number of amides is 1. The van der Waals surface area contributed by atoms with Gasteiger partial charge in [0.05, 0.1) is 5.92 Å². The van der Waals surface area contributed by atoms with E-state index in [0.717, 1.165) is 31.6 Å². The lowest BCUT2D eigenvalue weighted by atomic mass is 9.99. The van der Waals surface area contributed by atoms with E-state index in [-0.39, 0.29) is 5.91 Å². The third-order valence-electron chi connectivity index (χ3n) is 1.81. The molecule has 11 heavy (non-hydrogen) atoms. The van der Waals surface area contributed by atoms with E-state index >= 15 is 0 Å². The van der Waals surface area contributed by atoms with Gasteiger partial charge >= 0.3 is 0 Å². The Morgan fingerprint density at radius 2 is 2.00 bits per heavy atom. The highest BCUT2D eigenvalue weighted by Gasteiger charge is 2.13. The minimum atomic E-state index is 0.112. The fourth-order valence-electron chi connectivity index (χ4n) is 1.02. The Balaban J connectivity index is 3.65. The molecule has 0 heterocycles. The van der Waals surface area contributed by atoms with Crippen molar-refractivity contribution in [3.8, 4) is 0 Å². The summed E-state index contributed by atoms with van der Waals surface area (Å²) in [5.41, 5.74) is 0. The Hall–Kier alpha value is -0.530. The van der Waals surface area contributed by atoms with Crippen LogP contribution >= 0.6 is 0 Å². The minimum Gasteiger partial charge on any atom is -0.359 e. The van der Waals surface area contributed by atoms with Gasteiger partial charge in [-0.25, -0.2) is 0 Å². The highest BCUT2D eigenvalue weighted by atomic mass is 16.1. The molecule has 0 fully saturated rings. The van der Waals surface area contributed by atoms with Crippen LogP contribution in [0.25, 0.3) is 0 Å². The van der Waals surface area contributed by atoms with E-state index in [1.807, 2.05) is 6.92 Å². The summed E-state index contributed by atoms with van der Waals surface area (Å²) >= 11 is 0. The molecule has 0 aliphatic rings. The van der Waals surface area contributed by atoms with Gasteiger partial charge in [0.15, 0.2) is 0 Å². The Morgan fingerprint density at radius 1 is 1.36 bits per heavy atom. The van der Waals surface area contributed by atoms with Gasteiger partial charge in [-0.3, -0.25) is 4.79 Å². The molecule has 65 valence electrons. The van der Waals surface area contributed by atoms with E-state index in [1.165, 1.54) is 0 Å². The lowest BCUT2D eigenvalue weighted by Crippen LogP contribution is -2.25. The highest BCUT2D eigenvalue weighted by molar-refractivity contribution is 5.89. The maximum atomic E-state index is 11.1. The van der Waals surface area contributed by atoms with Gasteiger partial charge in [0.25, 0.3) is 0 Å². The largest absolute Gasteiger partial charge is 0.359 e. The third-order valence-corrected chi connectivity index (χ3v) is 1.81. The van der Waals surface area contributed by atoms with Gasteiger partial charge in [-0.05, 0) is 12.8 Å². The normalized spacial score (nSPS) is 10.2. The summed E-state index contributed by atoms with van der Waals surface area (Å²) in [4.78, 5) is 11.1. The van der Waals surface area contributed by atoms with Crippen LogP contribution in [-0.2, 0) is 4.79 Å². The fourth-order valence-corrected chi connectivity index (χ4v) is 1.02. The molecule has 0 saturated heterocycles. The first-order valence-corrected chi connectivity index (χ1v) is 4.33. The fraction of sp³-hybridized carbons (Fsp3) is 0.778. The van der Waals surface area contributed by atoms with Crippen molar-refractivity contribution in [3.05, 3.63) is 5.92 Å². The monoisotopic (exact) mass is 156 g/mol. The molecule has 0 atom stereocenters. The maximum Gasteiger partial charge on any atom is 0.227 e. The highest BCUT2D eigenvalue weighted by Crippen LogP contribution is 2.14. The summed E-state index contributed by atoms with van der Waals surface area (Å²) in [7, 11) is 1.68. The van der Waals surface area contributed by atoms with Crippen LogP contribution in [0.15, 0.2) is 0 Å². The third kappa shape index (κ3) is 4.02. The lowest BCUT2D eigenvalue weighted by molar-refractivity contribution is -0.119. The Kier molecular flexibility index (Phi) is 5.90. The van der Waals surface area contributed by atoms with Gasteiger partial charge in [-0.15, -0.1) is 0 Å². The van der Waals surface area contributed by atoms with Crippen LogP contribution in [0.4, 0.5) is 0 Å². The summed E-state index contributed by atoms with van der Waals surface area (Å²) in [5, 5.41) is 2.65. The van der Waals surface area contributed by atoms with E-state index in [4.69, 9.17) is 0 Å². The van der Waals surface area contributed by atoms with Crippen molar-refractivity contribution in [1.82, 2.24) is 5.32 Å². The van der Waals surface area contributed by atoms with Crippen LogP contribution in [0.2, 0.25) is 0 Å². The summed E-state index contributed by atoms with van der Waals surface area (Å²) in [5.74, 6) is 1.13. The van der Waals surface area contributed by atoms with Gasteiger partial charge < -0.3 is 5.32 Å². The standard InChI is InChI=1S/C9H18NO/c1-4-6-7-8(5-2)9(11)10-3/h4-7H2,1-3H3,(H,10,11). The molecule has 0 rings (SSSR count). The molecule has 0 aromatic heterocycles. The molecule has 1 amide bonds. The predicted molar refractivity (Wildman–Crippen MR) is 47.1 cm³/mol. The SMILES string of the molecule is CCCC[C](CC)C(=O)NC. The van der Waals surface area contributed by atoms with Crippen LogP contribution in [0.3, 0.4) is 0 Å². The minimum absolute atomic E-state index is 0.112. The number of carbonyl (C=O) groups excluding carboxylic acids is 1. The van der Waals surface area contributed by atoms with Crippen molar-refractivity contribution in [2.75, 3.05) is 7.05 Å². The first-order valence-electron chi connectivity index (χ1n) is 4.33. The smallest absolute Gasteiger partial charge is 0.227 e. The van der Waals surface area contributed by atoms with Gasteiger partial charge in [0.2, 0.25) is 5.91 Å². The second-order valence-electron chi connectivity index (χ2n) is 2.64. The Bertz CT molecular complexity index is 112. The first-order chi connectivity index (χ1) is 5.26. The van der Waals surface area contributed by atoms with Crippen LogP contribution < -0.4 is 5.32 Å². The van der Waals surface area contributed by atoms with E-state index in [1.54, 1.807) is 7.05 Å². The number of nitrogens with one attached hydrogen (secondary N) is 1. The van der Waals surface area contributed by atoms with Crippen molar-refractivity contribution in [2.45, 2.75) is 39.5 Å². The molecule has 0 aromatic rings. The van der Waals surface area contributed by atoms with Crippen LogP contribution in [0, 0.1) is 5.92 Å². The van der Waals surface area contributed by atoms with Crippen LogP contribution in [-0.4, -0.2) is 13.0 Å². The quantitative estimate of drug-likeness (QED) is 0.647. The number of carbonyl (C=O) groups is 1. The molecule has 0 saturated carbocycles. The number of hydrogen-bond donors (Lipinski definition) is 1. The van der Waals surface area contributed by atoms with Gasteiger partial charge in [-0.1, -0.05) is 26.7 Å². The summed E-state index contributed by atoms with van der Waals surface area (Å²) in [6.45, 7) is 4.16. The van der Waals surface area contributed by atoms with E-state index in [0.29, 0.717) is 0 Å². The summed E-state index contributed by atoms with van der Waals surface area (Å²) in [6.07, 6.45) is 4.10. The number of unbranched alkanes of at least 4 members (excludes halogenated alkanes) is 1. The molecule has 0 aliphatic carbocycles. The molecule has 0 spiro atoms. The van der Waals surface area contributed by atoms with E-state index in [2.05, 4.69) is 12.2 Å². The zero-order valence-corrected chi connectivity index (χ0v) is 7.74. The molecule has 0 bridgehead atoms. The van der Waals surface area contributed by atoms with Gasteiger partial charge in [-0.2, -0.15) is 0 Å². The second-order valence-corrected chi connectivity index (χ2v) is 2.64. The molecule has 0 unspecified atom stereocenters. The van der Waals surface area contributed by atoms with Gasteiger partial charge in [0.1, 0.15) is 0 Å². The van der Waals surface area contributed by atoms with Crippen LogP contribution in [0.1, 0.15) is 39.5 Å². The molecule has 0 aromatic carbocycles. The average molecular weight is 156 g/mol. The van der Waals surface area contributed by atoms with Crippen molar-refractivity contribution < 1.29 is 4.79 Å². The zero-order chi connectivity index (χ0) is 8.69. The zero-order valence-electron chi connectivity index (χ0n) is 7.74. The van der Waals surface area contributed by atoms with E-state index in [9.17, 15) is 4.79 Å². The van der Waals surface area contributed by atoms with Crippen molar-refractivity contribution in [1.29, 1.82) is 0 Å². The molecule has 2 nitrogen and oxygen atoms in total. The van der Waals surface area contributed by atoms with Gasteiger partial charge in [0, 0.05) is 7.05 Å². The molecule has 0 aliphatic heterocycles. The Morgan fingerprint density at radius 3 is 2.36 bits per heavy atom. The Labute approximate surface area is 69.4 Å². The molecular weight excluding hydrogens is 138 g/mol. The van der Waals surface area contributed by atoms with Crippen molar-refractivity contribution >= 4 is 5.91 Å². The second kappa shape index (κ2) is 6.20. The van der Waals surface area contributed by atoms with Crippen molar-refractivity contribution in [3.63, 3.8) is 0 Å².